The largest absolute Gasteiger partial charge is 0.326 e. The Balaban J connectivity index is 2.35. The van der Waals surface area contributed by atoms with Gasteiger partial charge in [-0.3, -0.25) is 4.72 Å². The van der Waals surface area contributed by atoms with Crippen molar-refractivity contribution in [2.75, 3.05) is 4.72 Å². The molecule has 0 heterocycles. The standard InChI is InChI=1S/C14H14ClFN2O2S/c1-9-2-3-11(7-14(9)16)18-21(19,20)12-4-5-13(15)10(6-12)8-17/h2-7,18H,8,17H2,1H3. The van der Waals surface area contributed by atoms with E-state index in [2.05, 4.69) is 4.72 Å². The summed E-state index contributed by atoms with van der Waals surface area (Å²) in [6, 6.07) is 8.36. The highest BCUT2D eigenvalue weighted by Crippen LogP contribution is 2.23. The van der Waals surface area contributed by atoms with Gasteiger partial charge in [0.1, 0.15) is 5.82 Å². The lowest BCUT2D eigenvalue weighted by Gasteiger charge is -2.10. The molecule has 2 aromatic rings. The van der Waals surface area contributed by atoms with Crippen molar-refractivity contribution in [3.8, 4) is 0 Å². The summed E-state index contributed by atoms with van der Waals surface area (Å²) in [5.41, 5.74) is 6.62. The van der Waals surface area contributed by atoms with Crippen LogP contribution in [-0.2, 0) is 16.6 Å². The molecule has 21 heavy (non-hydrogen) atoms. The van der Waals surface area contributed by atoms with E-state index in [4.69, 9.17) is 17.3 Å². The first-order valence-corrected chi connectivity index (χ1v) is 7.97. The molecule has 0 aliphatic carbocycles. The van der Waals surface area contributed by atoms with Crippen molar-refractivity contribution in [2.24, 2.45) is 5.73 Å². The molecule has 3 N–H and O–H groups in total. The molecular formula is C14H14ClFN2O2S. The Kier molecular flexibility index (Phi) is 4.51. The molecule has 0 spiro atoms. The maximum atomic E-state index is 13.5. The maximum Gasteiger partial charge on any atom is 0.261 e. The van der Waals surface area contributed by atoms with Gasteiger partial charge < -0.3 is 5.73 Å². The second-order valence-corrected chi connectivity index (χ2v) is 6.62. The van der Waals surface area contributed by atoms with E-state index in [1.165, 1.54) is 30.3 Å². The fourth-order valence-electron chi connectivity index (χ4n) is 1.75. The van der Waals surface area contributed by atoms with E-state index < -0.39 is 15.8 Å². The summed E-state index contributed by atoms with van der Waals surface area (Å²) in [4.78, 5) is 0.0216. The first-order valence-electron chi connectivity index (χ1n) is 6.11. The molecule has 0 aliphatic heterocycles. The Bertz CT molecular complexity index is 779. The van der Waals surface area contributed by atoms with Crippen LogP contribution in [0.25, 0.3) is 0 Å². The molecule has 0 atom stereocenters. The van der Waals surface area contributed by atoms with Gasteiger partial charge in [0.2, 0.25) is 0 Å². The van der Waals surface area contributed by atoms with Crippen molar-refractivity contribution in [2.45, 2.75) is 18.4 Å². The number of aryl methyl sites for hydroxylation is 1. The molecular weight excluding hydrogens is 315 g/mol. The highest BCUT2D eigenvalue weighted by Gasteiger charge is 2.16. The van der Waals surface area contributed by atoms with Gasteiger partial charge in [0, 0.05) is 11.6 Å². The van der Waals surface area contributed by atoms with E-state index in [9.17, 15) is 12.8 Å². The quantitative estimate of drug-likeness (QED) is 0.906. The monoisotopic (exact) mass is 328 g/mol. The minimum Gasteiger partial charge on any atom is -0.326 e. The number of nitrogens with one attached hydrogen (secondary N) is 1. The zero-order chi connectivity index (χ0) is 15.6. The number of benzene rings is 2. The predicted octanol–water partition coefficient (Wildman–Crippen LogP) is 3.05. The van der Waals surface area contributed by atoms with E-state index in [0.29, 0.717) is 16.1 Å². The lowest BCUT2D eigenvalue weighted by Crippen LogP contribution is -2.14. The number of anilines is 1. The molecule has 4 nitrogen and oxygen atoms in total. The van der Waals surface area contributed by atoms with Crippen LogP contribution >= 0.6 is 11.6 Å². The molecule has 7 heteroatoms. The summed E-state index contributed by atoms with van der Waals surface area (Å²) in [5, 5.41) is 0.401. The highest BCUT2D eigenvalue weighted by atomic mass is 35.5. The van der Waals surface area contributed by atoms with Gasteiger partial charge in [0.05, 0.1) is 10.6 Å². The Hall–Kier alpha value is -1.63. The van der Waals surface area contributed by atoms with Crippen LogP contribution in [0.15, 0.2) is 41.3 Å². The minimum atomic E-state index is -3.82. The molecule has 0 radical (unpaired) electrons. The molecule has 0 bridgehead atoms. The number of rotatable bonds is 4. The number of hydrogen-bond donors (Lipinski definition) is 2. The molecule has 0 amide bonds. The van der Waals surface area contributed by atoms with E-state index >= 15 is 0 Å². The van der Waals surface area contributed by atoms with Crippen molar-refractivity contribution in [1.29, 1.82) is 0 Å². The lowest BCUT2D eigenvalue weighted by molar-refractivity contribution is 0.601. The summed E-state index contributed by atoms with van der Waals surface area (Å²) < 4.78 is 40.3. The smallest absolute Gasteiger partial charge is 0.261 e. The Labute approximate surface area is 127 Å². The van der Waals surface area contributed by atoms with Crippen molar-refractivity contribution in [1.82, 2.24) is 0 Å². The van der Waals surface area contributed by atoms with E-state index in [1.807, 2.05) is 0 Å². The van der Waals surface area contributed by atoms with Gasteiger partial charge >= 0.3 is 0 Å². The van der Waals surface area contributed by atoms with Gasteiger partial charge in [-0.05, 0) is 48.4 Å². The van der Waals surface area contributed by atoms with Gasteiger partial charge in [-0.25, -0.2) is 12.8 Å². The number of nitrogens with two attached hydrogens (primary N) is 1. The normalized spacial score (nSPS) is 11.4. The van der Waals surface area contributed by atoms with E-state index in [-0.39, 0.29) is 17.1 Å². The van der Waals surface area contributed by atoms with Gasteiger partial charge in [0.15, 0.2) is 0 Å². The summed E-state index contributed by atoms with van der Waals surface area (Å²) in [6.45, 7) is 1.72. The Morgan fingerprint density at radius 3 is 2.57 bits per heavy atom. The number of sulfonamides is 1. The highest BCUT2D eigenvalue weighted by molar-refractivity contribution is 7.92. The van der Waals surface area contributed by atoms with Gasteiger partial charge in [-0.1, -0.05) is 17.7 Å². The maximum absolute atomic E-state index is 13.5. The van der Waals surface area contributed by atoms with Gasteiger partial charge in [0.25, 0.3) is 10.0 Å². The predicted molar refractivity (Wildman–Crippen MR) is 81.3 cm³/mol. The van der Waals surface area contributed by atoms with Crippen LogP contribution in [-0.4, -0.2) is 8.42 Å². The molecule has 112 valence electrons. The average Bonchev–Trinajstić information content (AvgIpc) is 2.43. The van der Waals surface area contributed by atoms with Gasteiger partial charge in [-0.15, -0.1) is 0 Å². The van der Waals surface area contributed by atoms with Gasteiger partial charge in [-0.2, -0.15) is 0 Å². The first kappa shape index (κ1) is 15.8. The molecule has 0 fully saturated rings. The van der Waals surface area contributed by atoms with Crippen LogP contribution in [0.1, 0.15) is 11.1 Å². The fourth-order valence-corrected chi connectivity index (χ4v) is 3.04. The third-order valence-electron chi connectivity index (χ3n) is 2.97. The van der Waals surface area contributed by atoms with Crippen LogP contribution in [0.5, 0.6) is 0 Å². The third-order valence-corrected chi connectivity index (χ3v) is 4.72. The van der Waals surface area contributed by atoms with E-state index in [1.54, 1.807) is 6.92 Å². The van der Waals surface area contributed by atoms with Crippen LogP contribution in [0.4, 0.5) is 10.1 Å². The Morgan fingerprint density at radius 1 is 1.24 bits per heavy atom. The molecule has 2 aromatic carbocycles. The summed E-state index contributed by atoms with van der Waals surface area (Å²) >= 11 is 5.90. The topological polar surface area (TPSA) is 72.2 Å². The summed E-state index contributed by atoms with van der Waals surface area (Å²) in [7, 11) is -3.82. The van der Waals surface area contributed by atoms with E-state index in [0.717, 1.165) is 6.07 Å². The SMILES string of the molecule is Cc1ccc(NS(=O)(=O)c2ccc(Cl)c(CN)c2)cc1F. The molecule has 2 rings (SSSR count). The molecule has 0 aliphatic rings. The van der Waals surface area contributed by atoms with Crippen LogP contribution in [0, 0.1) is 12.7 Å². The molecule has 0 unspecified atom stereocenters. The first-order chi connectivity index (χ1) is 9.83. The molecule has 0 saturated heterocycles. The zero-order valence-electron chi connectivity index (χ0n) is 11.2. The van der Waals surface area contributed by atoms with Crippen molar-refractivity contribution >= 4 is 27.3 Å². The van der Waals surface area contributed by atoms with Crippen LogP contribution < -0.4 is 10.5 Å². The van der Waals surface area contributed by atoms with Crippen molar-refractivity contribution in [3.63, 3.8) is 0 Å². The molecule has 0 saturated carbocycles. The number of hydrogen-bond acceptors (Lipinski definition) is 3. The fraction of sp³-hybridized carbons (Fsp3) is 0.143. The Morgan fingerprint density at radius 2 is 1.95 bits per heavy atom. The molecule has 0 aromatic heterocycles. The van der Waals surface area contributed by atoms with Crippen molar-refractivity contribution < 1.29 is 12.8 Å². The summed E-state index contributed by atoms with van der Waals surface area (Å²) in [6.07, 6.45) is 0. The van der Waals surface area contributed by atoms with Crippen LogP contribution in [0.3, 0.4) is 0 Å². The lowest BCUT2D eigenvalue weighted by atomic mass is 10.2. The minimum absolute atomic E-state index is 0.0216. The van der Waals surface area contributed by atoms with Crippen LogP contribution in [0.2, 0.25) is 5.02 Å². The second-order valence-electron chi connectivity index (χ2n) is 4.53. The second kappa shape index (κ2) is 6.01. The number of halogens is 2. The summed E-state index contributed by atoms with van der Waals surface area (Å²) in [5.74, 6) is -0.478. The third kappa shape index (κ3) is 3.53. The average molecular weight is 329 g/mol. The van der Waals surface area contributed by atoms with Crippen molar-refractivity contribution in [3.05, 3.63) is 58.4 Å². The zero-order valence-corrected chi connectivity index (χ0v) is 12.8.